The summed E-state index contributed by atoms with van der Waals surface area (Å²) in [6.45, 7) is 3.72. The molecule has 1 N–H and O–H groups in total. The predicted octanol–water partition coefficient (Wildman–Crippen LogP) is 2.93. The number of nitrogens with one attached hydrogen (secondary N) is 1. The van der Waals surface area contributed by atoms with Gasteiger partial charge in [0.2, 0.25) is 5.91 Å². The largest absolute Gasteiger partial charge is 0.368 e. The van der Waals surface area contributed by atoms with Crippen molar-refractivity contribution in [1.29, 1.82) is 0 Å². The van der Waals surface area contributed by atoms with Crippen molar-refractivity contribution in [1.82, 2.24) is 9.97 Å². The van der Waals surface area contributed by atoms with Gasteiger partial charge in [-0.25, -0.2) is 9.97 Å². The summed E-state index contributed by atoms with van der Waals surface area (Å²) >= 11 is 0. The number of piperazine rings is 1. The number of carbonyl (C=O) groups excluding carboxylic acids is 1. The van der Waals surface area contributed by atoms with Gasteiger partial charge in [0.05, 0.1) is 0 Å². The highest BCUT2D eigenvalue weighted by atomic mass is 16.1. The summed E-state index contributed by atoms with van der Waals surface area (Å²) in [4.78, 5) is 25.6. The van der Waals surface area contributed by atoms with Crippen LogP contribution in [0.5, 0.6) is 0 Å². The lowest BCUT2D eigenvalue weighted by Gasteiger charge is -2.36. The number of hydrogen-bond donors (Lipinski definition) is 1. The fourth-order valence-corrected chi connectivity index (χ4v) is 3.84. The van der Waals surface area contributed by atoms with Gasteiger partial charge < -0.3 is 15.1 Å². The van der Waals surface area contributed by atoms with Crippen LogP contribution in [0, 0.1) is 5.92 Å². The fraction of sp³-hybridized carbons (Fsp3) is 0.450. The molecular formula is C20H25N5O. The van der Waals surface area contributed by atoms with Crippen molar-refractivity contribution >= 4 is 23.2 Å². The number of para-hydroxylation sites is 1. The van der Waals surface area contributed by atoms with E-state index in [9.17, 15) is 4.79 Å². The first-order valence-electron chi connectivity index (χ1n) is 9.47. The van der Waals surface area contributed by atoms with Gasteiger partial charge in [-0.05, 0) is 25.0 Å². The third-order valence-electron chi connectivity index (χ3n) is 5.35. The average Bonchev–Trinajstić information content (AvgIpc) is 3.24. The maximum atomic E-state index is 12.3. The molecule has 1 saturated heterocycles. The Morgan fingerprint density at radius 2 is 1.65 bits per heavy atom. The zero-order valence-corrected chi connectivity index (χ0v) is 15.0. The molecule has 136 valence electrons. The van der Waals surface area contributed by atoms with E-state index in [1.165, 1.54) is 5.69 Å². The molecule has 0 radical (unpaired) electrons. The molecule has 0 spiro atoms. The van der Waals surface area contributed by atoms with Crippen molar-refractivity contribution in [3.63, 3.8) is 0 Å². The maximum Gasteiger partial charge on any atom is 0.228 e. The molecule has 2 aliphatic rings. The molecule has 1 aromatic heterocycles. The number of anilines is 3. The Morgan fingerprint density at radius 1 is 0.962 bits per heavy atom. The molecule has 1 saturated carbocycles. The minimum absolute atomic E-state index is 0.0982. The highest BCUT2D eigenvalue weighted by molar-refractivity contribution is 5.92. The molecule has 4 rings (SSSR count). The van der Waals surface area contributed by atoms with E-state index in [-0.39, 0.29) is 11.8 Å². The molecule has 1 aromatic carbocycles. The highest BCUT2D eigenvalue weighted by Crippen LogP contribution is 2.26. The van der Waals surface area contributed by atoms with Crippen molar-refractivity contribution in [2.24, 2.45) is 5.92 Å². The van der Waals surface area contributed by atoms with Crippen molar-refractivity contribution < 1.29 is 4.79 Å². The molecule has 1 amide bonds. The van der Waals surface area contributed by atoms with Crippen LogP contribution in [0.25, 0.3) is 0 Å². The summed E-state index contributed by atoms with van der Waals surface area (Å²) in [6.07, 6.45) is 5.83. The number of aromatic nitrogens is 2. The van der Waals surface area contributed by atoms with Crippen molar-refractivity contribution in [2.45, 2.75) is 25.7 Å². The molecule has 6 heteroatoms. The van der Waals surface area contributed by atoms with E-state index in [1.54, 1.807) is 6.33 Å². The van der Waals surface area contributed by atoms with Crippen LogP contribution in [0.3, 0.4) is 0 Å². The molecule has 0 atom stereocenters. The summed E-state index contributed by atoms with van der Waals surface area (Å²) in [5, 5.41) is 2.97. The molecule has 0 bridgehead atoms. The number of amides is 1. The zero-order chi connectivity index (χ0) is 17.8. The van der Waals surface area contributed by atoms with Crippen LogP contribution in [0.4, 0.5) is 17.3 Å². The van der Waals surface area contributed by atoms with Gasteiger partial charge in [-0.1, -0.05) is 31.0 Å². The van der Waals surface area contributed by atoms with Crippen LogP contribution in [-0.2, 0) is 4.79 Å². The third kappa shape index (κ3) is 3.79. The lowest BCUT2D eigenvalue weighted by Crippen LogP contribution is -2.46. The minimum atomic E-state index is 0.0982. The van der Waals surface area contributed by atoms with Crippen molar-refractivity contribution in [3.05, 3.63) is 42.7 Å². The van der Waals surface area contributed by atoms with Crippen LogP contribution < -0.4 is 15.1 Å². The van der Waals surface area contributed by atoms with E-state index in [0.717, 1.165) is 57.7 Å². The second kappa shape index (κ2) is 7.72. The van der Waals surface area contributed by atoms with Crippen LogP contribution in [0.1, 0.15) is 25.7 Å². The van der Waals surface area contributed by atoms with E-state index in [0.29, 0.717) is 5.82 Å². The lowest BCUT2D eigenvalue weighted by molar-refractivity contribution is -0.119. The van der Waals surface area contributed by atoms with Gasteiger partial charge >= 0.3 is 0 Å². The molecule has 2 fully saturated rings. The molecule has 6 nitrogen and oxygen atoms in total. The molecule has 26 heavy (non-hydrogen) atoms. The summed E-state index contributed by atoms with van der Waals surface area (Å²) in [5.74, 6) is 1.73. The van der Waals surface area contributed by atoms with Crippen LogP contribution in [-0.4, -0.2) is 42.1 Å². The van der Waals surface area contributed by atoms with Crippen LogP contribution in [0.2, 0.25) is 0 Å². The van der Waals surface area contributed by atoms with Gasteiger partial charge in [0.25, 0.3) is 0 Å². The quantitative estimate of drug-likeness (QED) is 0.918. The molecule has 0 unspecified atom stereocenters. The first-order valence-corrected chi connectivity index (χ1v) is 9.47. The Balaban J connectivity index is 1.37. The number of hydrogen-bond acceptors (Lipinski definition) is 5. The standard InChI is InChI=1S/C20H25N5O/c26-20(16-6-4-5-7-16)23-18-14-19(22-15-21-18)25-12-10-24(11-13-25)17-8-2-1-3-9-17/h1-3,8-9,14-16H,4-7,10-13H2,(H,21,22,23,26). The van der Waals surface area contributed by atoms with Gasteiger partial charge in [-0.2, -0.15) is 0 Å². The molecule has 2 aromatic rings. The van der Waals surface area contributed by atoms with E-state index < -0.39 is 0 Å². The Labute approximate surface area is 154 Å². The Morgan fingerprint density at radius 3 is 2.38 bits per heavy atom. The Hall–Kier alpha value is -2.63. The van der Waals surface area contributed by atoms with Crippen molar-refractivity contribution in [3.8, 4) is 0 Å². The second-order valence-corrected chi connectivity index (χ2v) is 7.04. The number of nitrogens with zero attached hydrogens (tertiary/aromatic N) is 4. The third-order valence-corrected chi connectivity index (χ3v) is 5.35. The van der Waals surface area contributed by atoms with E-state index >= 15 is 0 Å². The number of carbonyl (C=O) groups is 1. The van der Waals surface area contributed by atoms with E-state index in [1.807, 2.05) is 12.1 Å². The summed E-state index contributed by atoms with van der Waals surface area (Å²) in [5.41, 5.74) is 1.26. The van der Waals surface area contributed by atoms with Crippen LogP contribution in [0.15, 0.2) is 42.7 Å². The SMILES string of the molecule is O=C(Nc1cc(N2CCN(c3ccccc3)CC2)ncn1)C1CCCC1. The van der Waals surface area contributed by atoms with Gasteiger partial charge in [-0.3, -0.25) is 4.79 Å². The summed E-state index contributed by atoms with van der Waals surface area (Å²) in [6, 6.07) is 12.4. The average molecular weight is 351 g/mol. The van der Waals surface area contributed by atoms with Gasteiger partial charge in [0.1, 0.15) is 18.0 Å². The minimum Gasteiger partial charge on any atom is -0.368 e. The maximum absolute atomic E-state index is 12.3. The first kappa shape index (κ1) is 16.8. The second-order valence-electron chi connectivity index (χ2n) is 7.04. The van der Waals surface area contributed by atoms with E-state index in [4.69, 9.17) is 0 Å². The van der Waals surface area contributed by atoms with Crippen LogP contribution >= 0.6 is 0 Å². The molecule has 1 aliphatic carbocycles. The molecule has 1 aliphatic heterocycles. The highest BCUT2D eigenvalue weighted by Gasteiger charge is 2.23. The first-order chi connectivity index (χ1) is 12.8. The molecule has 2 heterocycles. The Kier molecular flexibility index (Phi) is 5.00. The normalized spacial score (nSPS) is 18.2. The number of rotatable bonds is 4. The summed E-state index contributed by atoms with van der Waals surface area (Å²) in [7, 11) is 0. The molecular weight excluding hydrogens is 326 g/mol. The summed E-state index contributed by atoms with van der Waals surface area (Å²) < 4.78 is 0. The van der Waals surface area contributed by atoms with Gasteiger partial charge in [-0.15, -0.1) is 0 Å². The topological polar surface area (TPSA) is 61.4 Å². The van der Waals surface area contributed by atoms with Crippen molar-refractivity contribution in [2.75, 3.05) is 41.3 Å². The Bertz CT molecular complexity index is 737. The predicted molar refractivity (Wildman–Crippen MR) is 103 cm³/mol. The zero-order valence-electron chi connectivity index (χ0n) is 15.0. The fourth-order valence-electron chi connectivity index (χ4n) is 3.84. The van der Waals surface area contributed by atoms with Gasteiger partial charge in [0, 0.05) is 43.9 Å². The lowest BCUT2D eigenvalue weighted by atomic mass is 10.1. The van der Waals surface area contributed by atoms with E-state index in [2.05, 4.69) is 49.4 Å². The van der Waals surface area contributed by atoms with Gasteiger partial charge in [0.15, 0.2) is 0 Å². The smallest absolute Gasteiger partial charge is 0.228 e. The monoisotopic (exact) mass is 351 g/mol. The number of benzene rings is 1.